The summed E-state index contributed by atoms with van der Waals surface area (Å²) in [6.07, 6.45) is 3.18. The lowest BCUT2D eigenvalue weighted by atomic mass is 9.98. The molecule has 1 heterocycles. The van der Waals surface area contributed by atoms with Gasteiger partial charge in [-0.25, -0.2) is 8.42 Å². The fourth-order valence-electron chi connectivity index (χ4n) is 2.60. The van der Waals surface area contributed by atoms with Crippen molar-refractivity contribution < 1.29 is 8.42 Å². The molecule has 1 aliphatic heterocycles. The minimum atomic E-state index is -2.83. The molecule has 1 rings (SSSR count). The van der Waals surface area contributed by atoms with Gasteiger partial charge in [0.1, 0.15) is 0 Å². The summed E-state index contributed by atoms with van der Waals surface area (Å²) in [5, 5.41) is 3.48. The van der Waals surface area contributed by atoms with Crippen molar-refractivity contribution in [1.82, 2.24) is 10.2 Å². The van der Waals surface area contributed by atoms with Crippen molar-refractivity contribution in [2.75, 3.05) is 37.7 Å². The third-order valence-corrected chi connectivity index (χ3v) is 5.49. The van der Waals surface area contributed by atoms with Gasteiger partial charge in [0.25, 0.3) is 0 Å². The summed E-state index contributed by atoms with van der Waals surface area (Å²) < 4.78 is 23.5. The molecule has 0 radical (unpaired) electrons. The molecule has 1 atom stereocenters. The summed E-state index contributed by atoms with van der Waals surface area (Å²) in [5.41, 5.74) is 0. The number of hydrogen-bond donors (Lipinski definition) is 1. The molecule has 1 N–H and O–H groups in total. The summed E-state index contributed by atoms with van der Waals surface area (Å²) in [7, 11) is -2.83. The number of nitrogens with zero attached hydrogens (tertiary/aromatic N) is 1. The van der Waals surface area contributed by atoms with Gasteiger partial charge in [-0.2, -0.15) is 0 Å². The van der Waals surface area contributed by atoms with E-state index in [1.165, 1.54) is 12.8 Å². The first-order chi connectivity index (χ1) is 8.93. The zero-order chi connectivity index (χ0) is 14.3. The normalized spacial score (nSPS) is 22.0. The van der Waals surface area contributed by atoms with E-state index >= 15 is 0 Å². The molecule has 4 nitrogen and oxygen atoms in total. The quantitative estimate of drug-likeness (QED) is 0.736. The maximum absolute atomic E-state index is 11.7. The lowest BCUT2D eigenvalue weighted by Crippen LogP contribution is -2.42. The molecule has 0 bridgehead atoms. The van der Waals surface area contributed by atoms with Gasteiger partial charge < -0.3 is 10.2 Å². The lowest BCUT2D eigenvalue weighted by Gasteiger charge is -2.33. The monoisotopic (exact) mass is 290 g/mol. The van der Waals surface area contributed by atoms with Gasteiger partial charge in [0.05, 0.1) is 5.75 Å². The van der Waals surface area contributed by atoms with E-state index in [2.05, 4.69) is 24.1 Å². The Balaban J connectivity index is 2.30. The number of sulfone groups is 1. The zero-order valence-electron chi connectivity index (χ0n) is 12.7. The molecule has 1 unspecified atom stereocenters. The standard InChI is InChI=1S/C14H30N2O2S/c1-4-9-19(17,18)10-8-16-7-5-6-14(12-16)11-15-13(2)3/h13-15H,4-12H2,1-3H3. The Kier molecular flexibility index (Phi) is 7.32. The SMILES string of the molecule is CCCS(=O)(=O)CCN1CCCC(CNC(C)C)C1. The van der Waals surface area contributed by atoms with E-state index in [-0.39, 0.29) is 0 Å². The van der Waals surface area contributed by atoms with Crippen molar-refractivity contribution in [3.8, 4) is 0 Å². The Hall–Kier alpha value is -0.130. The van der Waals surface area contributed by atoms with Crippen LogP contribution in [0, 0.1) is 5.92 Å². The molecule has 0 saturated carbocycles. The number of hydrogen-bond acceptors (Lipinski definition) is 4. The molecular weight excluding hydrogens is 260 g/mol. The van der Waals surface area contributed by atoms with Crippen LogP contribution in [0.1, 0.15) is 40.0 Å². The van der Waals surface area contributed by atoms with E-state index in [4.69, 9.17) is 0 Å². The number of nitrogens with one attached hydrogen (secondary N) is 1. The number of likely N-dealkylation sites (tertiary alicyclic amines) is 1. The Morgan fingerprint density at radius 2 is 2.05 bits per heavy atom. The minimum Gasteiger partial charge on any atom is -0.314 e. The smallest absolute Gasteiger partial charge is 0.151 e. The summed E-state index contributed by atoms with van der Waals surface area (Å²) in [5.74, 6) is 1.33. The second-order valence-electron chi connectivity index (χ2n) is 6.02. The van der Waals surface area contributed by atoms with Gasteiger partial charge >= 0.3 is 0 Å². The molecule has 0 spiro atoms. The first-order valence-electron chi connectivity index (χ1n) is 7.59. The summed E-state index contributed by atoms with van der Waals surface area (Å²) in [4.78, 5) is 2.32. The maximum atomic E-state index is 11.7. The molecule has 0 aromatic carbocycles. The summed E-state index contributed by atoms with van der Waals surface area (Å²) >= 11 is 0. The third kappa shape index (κ3) is 7.28. The highest BCUT2D eigenvalue weighted by molar-refractivity contribution is 7.91. The van der Waals surface area contributed by atoms with Crippen LogP contribution in [0.25, 0.3) is 0 Å². The van der Waals surface area contributed by atoms with Crippen LogP contribution in [-0.2, 0) is 9.84 Å². The predicted molar refractivity (Wildman–Crippen MR) is 81.2 cm³/mol. The first kappa shape index (κ1) is 16.9. The molecular formula is C14H30N2O2S. The van der Waals surface area contributed by atoms with Crippen LogP contribution in [0.4, 0.5) is 0 Å². The lowest BCUT2D eigenvalue weighted by molar-refractivity contribution is 0.179. The molecule has 0 amide bonds. The second-order valence-corrected chi connectivity index (χ2v) is 8.33. The Morgan fingerprint density at radius 3 is 2.68 bits per heavy atom. The van der Waals surface area contributed by atoms with Crippen LogP contribution in [0.2, 0.25) is 0 Å². The fourth-order valence-corrected chi connectivity index (χ4v) is 3.97. The molecule has 1 aliphatic rings. The van der Waals surface area contributed by atoms with E-state index < -0.39 is 9.84 Å². The van der Waals surface area contributed by atoms with Crippen LogP contribution < -0.4 is 5.32 Å². The minimum absolute atomic E-state index is 0.325. The molecule has 0 aromatic heterocycles. The Morgan fingerprint density at radius 1 is 1.32 bits per heavy atom. The zero-order valence-corrected chi connectivity index (χ0v) is 13.5. The van der Waals surface area contributed by atoms with Crippen molar-refractivity contribution in [1.29, 1.82) is 0 Å². The van der Waals surface area contributed by atoms with E-state index in [1.54, 1.807) is 0 Å². The van der Waals surface area contributed by atoms with Crippen LogP contribution in [0.15, 0.2) is 0 Å². The van der Waals surface area contributed by atoms with Crippen LogP contribution >= 0.6 is 0 Å². The third-order valence-electron chi connectivity index (χ3n) is 3.65. The number of rotatable bonds is 8. The van der Waals surface area contributed by atoms with Crippen LogP contribution in [0.3, 0.4) is 0 Å². The molecule has 0 aliphatic carbocycles. The van der Waals surface area contributed by atoms with E-state index in [0.29, 0.717) is 30.0 Å². The van der Waals surface area contributed by atoms with Gasteiger partial charge in [-0.1, -0.05) is 20.8 Å². The fraction of sp³-hybridized carbons (Fsp3) is 1.00. The van der Waals surface area contributed by atoms with Gasteiger partial charge in [-0.15, -0.1) is 0 Å². The summed E-state index contributed by atoms with van der Waals surface area (Å²) in [6, 6.07) is 0.528. The van der Waals surface area contributed by atoms with E-state index in [1.807, 2.05) is 6.92 Å². The van der Waals surface area contributed by atoms with Crippen molar-refractivity contribution in [2.45, 2.75) is 46.1 Å². The van der Waals surface area contributed by atoms with Gasteiger partial charge in [0.2, 0.25) is 0 Å². The van der Waals surface area contributed by atoms with Gasteiger partial charge in [0, 0.05) is 24.9 Å². The Labute approximate surface area is 118 Å². The first-order valence-corrected chi connectivity index (χ1v) is 9.41. The summed E-state index contributed by atoms with van der Waals surface area (Å²) in [6.45, 7) is 10.1. The molecule has 0 aromatic rings. The average Bonchev–Trinajstić information content (AvgIpc) is 2.35. The van der Waals surface area contributed by atoms with E-state index in [9.17, 15) is 8.42 Å². The van der Waals surface area contributed by atoms with Crippen molar-refractivity contribution in [3.05, 3.63) is 0 Å². The van der Waals surface area contributed by atoms with Gasteiger partial charge in [-0.05, 0) is 38.3 Å². The molecule has 114 valence electrons. The van der Waals surface area contributed by atoms with Gasteiger partial charge in [-0.3, -0.25) is 0 Å². The van der Waals surface area contributed by atoms with Crippen molar-refractivity contribution in [2.24, 2.45) is 5.92 Å². The van der Waals surface area contributed by atoms with Crippen molar-refractivity contribution in [3.63, 3.8) is 0 Å². The van der Waals surface area contributed by atoms with Crippen molar-refractivity contribution >= 4 is 9.84 Å². The molecule has 19 heavy (non-hydrogen) atoms. The van der Waals surface area contributed by atoms with Gasteiger partial charge in [0.15, 0.2) is 9.84 Å². The van der Waals surface area contributed by atoms with E-state index in [0.717, 1.165) is 26.1 Å². The number of piperidine rings is 1. The largest absolute Gasteiger partial charge is 0.314 e. The second kappa shape index (κ2) is 8.22. The van der Waals surface area contributed by atoms with Crippen LogP contribution in [0.5, 0.6) is 0 Å². The maximum Gasteiger partial charge on any atom is 0.151 e. The Bertz CT molecular complexity index is 341. The topological polar surface area (TPSA) is 49.4 Å². The highest BCUT2D eigenvalue weighted by Gasteiger charge is 2.21. The molecule has 1 saturated heterocycles. The predicted octanol–water partition coefficient (Wildman–Crippen LogP) is 1.52. The average molecular weight is 290 g/mol. The highest BCUT2D eigenvalue weighted by Crippen LogP contribution is 2.15. The molecule has 1 fully saturated rings. The molecule has 5 heteroatoms. The highest BCUT2D eigenvalue weighted by atomic mass is 32.2. The van der Waals surface area contributed by atoms with Crippen LogP contribution in [-0.4, -0.2) is 57.0 Å².